The van der Waals surface area contributed by atoms with Gasteiger partial charge in [-0.15, -0.1) is 0 Å². The number of amides is 2. The molecule has 5 rings (SSSR count). The van der Waals surface area contributed by atoms with Crippen LogP contribution in [0.3, 0.4) is 0 Å². The number of nitrogens with zero attached hydrogens (tertiary/aromatic N) is 3. The predicted molar refractivity (Wildman–Crippen MR) is 150 cm³/mol. The van der Waals surface area contributed by atoms with E-state index < -0.39 is 5.91 Å². The molecule has 0 aliphatic carbocycles. The van der Waals surface area contributed by atoms with Crippen molar-refractivity contribution in [3.63, 3.8) is 0 Å². The van der Waals surface area contributed by atoms with Crippen molar-refractivity contribution >= 4 is 29.4 Å². The summed E-state index contributed by atoms with van der Waals surface area (Å²) in [6.45, 7) is 2.05. The fourth-order valence-corrected chi connectivity index (χ4v) is 4.40. The van der Waals surface area contributed by atoms with Gasteiger partial charge in [0.1, 0.15) is 6.54 Å². The van der Waals surface area contributed by atoms with Crippen LogP contribution in [0.25, 0.3) is 16.9 Å². The lowest BCUT2D eigenvalue weighted by atomic mass is 10.1. The Labute approximate surface area is 236 Å². The van der Waals surface area contributed by atoms with Crippen LogP contribution in [-0.2, 0) is 4.79 Å². The van der Waals surface area contributed by atoms with Crippen molar-refractivity contribution in [2.45, 2.75) is 6.92 Å². The molecule has 3 aromatic carbocycles. The fourth-order valence-electron chi connectivity index (χ4n) is 4.28. The summed E-state index contributed by atoms with van der Waals surface area (Å²) in [5.41, 5.74) is 2.51. The van der Waals surface area contributed by atoms with Crippen LogP contribution in [0.5, 0.6) is 23.0 Å². The zero-order valence-electron chi connectivity index (χ0n) is 22.1. The molecule has 4 aromatic rings. The molecule has 1 N–H and O–H groups in total. The smallest absolute Gasteiger partial charge is 0.254 e. The van der Waals surface area contributed by atoms with E-state index in [1.807, 2.05) is 18.2 Å². The van der Waals surface area contributed by atoms with Gasteiger partial charge in [0.15, 0.2) is 23.0 Å². The molecule has 2 heterocycles. The second-order valence-electron chi connectivity index (χ2n) is 8.80. The number of carbonyl (C=O) groups is 2. The summed E-state index contributed by atoms with van der Waals surface area (Å²) in [7, 11) is 3.11. The minimum atomic E-state index is -0.411. The topological polar surface area (TPSA) is 104 Å². The molecule has 0 atom stereocenters. The molecule has 10 nitrogen and oxygen atoms in total. The molecular formula is C29H27ClN4O6. The van der Waals surface area contributed by atoms with Gasteiger partial charge in [0.25, 0.3) is 5.91 Å². The van der Waals surface area contributed by atoms with Crippen molar-refractivity contribution in [2.24, 2.45) is 0 Å². The third kappa shape index (κ3) is 5.52. The van der Waals surface area contributed by atoms with Gasteiger partial charge < -0.3 is 23.8 Å². The number of rotatable bonds is 9. The zero-order valence-corrected chi connectivity index (χ0v) is 22.9. The van der Waals surface area contributed by atoms with Crippen LogP contribution in [0, 0.1) is 0 Å². The van der Waals surface area contributed by atoms with Gasteiger partial charge in [-0.3, -0.25) is 19.5 Å². The second kappa shape index (κ2) is 11.6. The molecule has 0 saturated carbocycles. The van der Waals surface area contributed by atoms with Crippen LogP contribution < -0.4 is 24.3 Å². The number of aromatic nitrogens is 2. The van der Waals surface area contributed by atoms with Crippen LogP contribution >= 0.6 is 11.6 Å². The lowest BCUT2D eigenvalue weighted by molar-refractivity contribution is -0.116. The Balaban J connectivity index is 1.42. The third-order valence-corrected chi connectivity index (χ3v) is 6.62. The van der Waals surface area contributed by atoms with E-state index >= 15 is 0 Å². The molecule has 1 aliphatic heterocycles. The number of halogens is 1. The Hall–Kier alpha value is -4.70. The summed E-state index contributed by atoms with van der Waals surface area (Å²) in [5, 5.41) is 3.47. The average Bonchev–Trinajstić information content (AvgIpc) is 3.62. The monoisotopic (exact) mass is 562 g/mol. The Morgan fingerprint density at radius 3 is 2.48 bits per heavy atom. The maximum Gasteiger partial charge on any atom is 0.254 e. The highest BCUT2D eigenvalue weighted by Crippen LogP contribution is 2.34. The van der Waals surface area contributed by atoms with Gasteiger partial charge in [-0.25, -0.2) is 4.98 Å². The van der Waals surface area contributed by atoms with Gasteiger partial charge in [-0.1, -0.05) is 23.7 Å². The molecule has 0 fully saturated rings. The number of anilines is 1. The Morgan fingerprint density at radius 1 is 1.00 bits per heavy atom. The van der Waals surface area contributed by atoms with Gasteiger partial charge in [-0.2, -0.15) is 0 Å². The van der Waals surface area contributed by atoms with E-state index in [2.05, 4.69) is 10.3 Å². The molecule has 0 bridgehead atoms. The summed E-state index contributed by atoms with van der Waals surface area (Å²) in [4.78, 5) is 32.6. The highest BCUT2D eigenvalue weighted by Gasteiger charge is 2.23. The summed E-state index contributed by atoms with van der Waals surface area (Å²) >= 11 is 6.07. The summed E-state index contributed by atoms with van der Waals surface area (Å²) in [5.74, 6) is 1.72. The first-order valence-electron chi connectivity index (χ1n) is 12.5. The number of carbonyl (C=O) groups excluding carboxylic acids is 2. The van der Waals surface area contributed by atoms with Gasteiger partial charge >= 0.3 is 0 Å². The summed E-state index contributed by atoms with van der Waals surface area (Å²) < 4.78 is 23.3. The number of fused-ring (bicyclic) bond motifs is 1. The molecule has 11 heteroatoms. The molecule has 1 aromatic heterocycles. The van der Waals surface area contributed by atoms with Crippen molar-refractivity contribution in [1.29, 1.82) is 0 Å². The van der Waals surface area contributed by atoms with Crippen molar-refractivity contribution in [1.82, 2.24) is 14.5 Å². The molecule has 0 unspecified atom stereocenters. The van der Waals surface area contributed by atoms with Crippen molar-refractivity contribution in [3.05, 3.63) is 77.4 Å². The number of methoxy groups -OCH3 is 2. The summed E-state index contributed by atoms with van der Waals surface area (Å²) in [6, 6.07) is 17.6. The van der Waals surface area contributed by atoms with E-state index in [0.717, 1.165) is 5.56 Å². The number of likely N-dealkylation sites (N-methyl/N-ethyl adjacent to an activating group) is 1. The minimum Gasteiger partial charge on any atom is -0.493 e. The highest BCUT2D eigenvalue weighted by molar-refractivity contribution is 6.30. The van der Waals surface area contributed by atoms with E-state index in [1.165, 1.54) is 4.90 Å². The van der Waals surface area contributed by atoms with Gasteiger partial charge in [0.05, 0.1) is 25.6 Å². The zero-order chi connectivity index (χ0) is 28.2. The van der Waals surface area contributed by atoms with E-state index in [0.29, 0.717) is 51.5 Å². The summed E-state index contributed by atoms with van der Waals surface area (Å²) in [6.07, 6.45) is 1.80. The van der Waals surface area contributed by atoms with Crippen LogP contribution in [0.4, 0.5) is 5.95 Å². The minimum absolute atomic E-state index is 0.109. The normalized spacial score (nSPS) is 11.7. The van der Waals surface area contributed by atoms with E-state index in [9.17, 15) is 9.59 Å². The molecule has 40 heavy (non-hydrogen) atoms. The largest absolute Gasteiger partial charge is 0.493 e. The number of benzene rings is 3. The Kier molecular flexibility index (Phi) is 7.79. The lowest BCUT2D eigenvalue weighted by Crippen LogP contribution is -2.38. The van der Waals surface area contributed by atoms with E-state index in [-0.39, 0.29) is 25.2 Å². The van der Waals surface area contributed by atoms with Gasteiger partial charge in [0, 0.05) is 35.0 Å². The molecule has 0 saturated heterocycles. The molecule has 206 valence electrons. The fraction of sp³-hybridized carbons (Fsp3) is 0.207. The Bertz CT molecular complexity index is 1550. The number of nitrogens with one attached hydrogen (secondary N) is 1. The number of hydrogen-bond donors (Lipinski definition) is 1. The third-order valence-electron chi connectivity index (χ3n) is 6.37. The van der Waals surface area contributed by atoms with Crippen molar-refractivity contribution < 1.29 is 28.5 Å². The maximum absolute atomic E-state index is 13.2. The van der Waals surface area contributed by atoms with Crippen LogP contribution in [0.1, 0.15) is 17.3 Å². The van der Waals surface area contributed by atoms with Crippen LogP contribution in [0.15, 0.2) is 66.9 Å². The first-order valence-corrected chi connectivity index (χ1v) is 12.8. The first-order chi connectivity index (χ1) is 19.4. The van der Waals surface area contributed by atoms with E-state index in [1.54, 1.807) is 74.4 Å². The molecular weight excluding hydrogens is 536 g/mol. The maximum atomic E-state index is 13.2. The van der Waals surface area contributed by atoms with E-state index in [4.69, 9.17) is 30.5 Å². The van der Waals surface area contributed by atoms with Crippen LogP contribution in [-0.4, -0.2) is 60.4 Å². The standard InChI is InChI=1S/C29H27ClN4O6/c1-4-33(28(36)19-7-11-24-26(13-19)40-17-39-24)16-27(35)32-29-31-22(18-5-8-20(30)9-6-18)15-34(29)21-10-12-23(37-2)25(14-21)38-3/h5-15H,4,16-17H2,1-3H3,(H,31,32,35). The van der Waals surface area contributed by atoms with Crippen molar-refractivity contribution in [3.8, 4) is 39.9 Å². The highest BCUT2D eigenvalue weighted by atomic mass is 35.5. The van der Waals surface area contributed by atoms with Crippen LogP contribution in [0.2, 0.25) is 5.02 Å². The molecule has 0 radical (unpaired) electrons. The molecule has 2 amide bonds. The number of ether oxygens (including phenoxy) is 4. The average molecular weight is 563 g/mol. The van der Waals surface area contributed by atoms with Gasteiger partial charge in [-0.05, 0) is 49.4 Å². The van der Waals surface area contributed by atoms with Gasteiger partial charge in [0.2, 0.25) is 18.6 Å². The SMILES string of the molecule is CCN(CC(=O)Nc1nc(-c2ccc(Cl)cc2)cn1-c1ccc(OC)c(OC)c1)C(=O)c1ccc2c(c1)OCO2. The quantitative estimate of drug-likeness (QED) is 0.305. The number of imidazole rings is 1. The molecule has 1 aliphatic rings. The lowest BCUT2D eigenvalue weighted by Gasteiger charge is -2.20. The first kappa shape index (κ1) is 26.9. The Morgan fingerprint density at radius 2 is 1.75 bits per heavy atom. The second-order valence-corrected chi connectivity index (χ2v) is 9.24. The predicted octanol–water partition coefficient (Wildman–Crippen LogP) is 5.04. The molecule has 0 spiro atoms. The number of hydrogen-bond acceptors (Lipinski definition) is 7. The van der Waals surface area contributed by atoms with Crippen molar-refractivity contribution in [2.75, 3.05) is 39.4 Å².